The summed E-state index contributed by atoms with van der Waals surface area (Å²) < 4.78 is 60.0. The number of halogens is 4. The molecular formula is C8H7BClF3N3O2S-. The molecule has 0 amide bonds. The smallest absolute Gasteiger partial charge is 0.445 e. The fraction of sp³-hybridized carbons (Fsp3) is 0.250. The van der Waals surface area contributed by atoms with Crippen LogP contribution >= 0.6 is 10.7 Å². The van der Waals surface area contributed by atoms with Crippen LogP contribution in [-0.4, -0.2) is 15.4 Å². The third-order valence-electron chi connectivity index (χ3n) is 2.37. The monoisotopic (exact) mass is 312 g/mol. The summed E-state index contributed by atoms with van der Waals surface area (Å²) in [5.41, 5.74) is 6.99. The molecule has 0 saturated carbocycles. The van der Waals surface area contributed by atoms with Gasteiger partial charge in [-0.1, -0.05) is 17.2 Å². The maximum absolute atomic E-state index is 12.7. The van der Waals surface area contributed by atoms with Crippen molar-refractivity contribution in [1.82, 2.24) is 0 Å². The zero-order chi connectivity index (χ0) is 14.8. The van der Waals surface area contributed by atoms with Gasteiger partial charge < -0.3 is 12.9 Å². The topological polar surface area (TPSA) is 82.9 Å². The molecular weight excluding hydrogens is 305 g/mol. The molecule has 1 rings (SSSR count). The van der Waals surface area contributed by atoms with Crippen molar-refractivity contribution in [3.05, 3.63) is 33.7 Å². The molecule has 0 atom stereocenters. The van der Waals surface area contributed by atoms with Gasteiger partial charge in [0, 0.05) is 21.3 Å². The van der Waals surface area contributed by atoms with Crippen molar-refractivity contribution < 1.29 is 21.4 Å². The molecule has 19 heavy (non-hydrogen) atoms. The highest BCUT2D eigenvalue weighted by Gasteiger charge is 2.27. The highest BCUT2D eigenvalue weighted by atomic mass is 35.7. The van der Waals surface area contributed by atoms with E-state index in [9.17, 15) is 21.4 Å². The van der Waals surface area contributed by atoms with Gasteiger partial charge >= 0.3 is 6.98 Å². The van der Waals surface area contributed by atoms with Crippen LogP contribution in [0.4, 0.5) is 18.6 Å². The first kappa shape index (κ1) is 15.7. The third kappa shape index (κ3) is 4.34. The summed E-state index contributed by atoms with van der Waals surface area (Å²) in [6.07, 6.45) is 0. The van der Waals surface area contributed by atoms with Crippen LogP contribution in [0, 0.1) is 6.92 Å². The van der Waals surface area contributed by atoms with E-state index in [2.05, 4.69) is 10.0 Å². The molecule has 0 N–H and O–H groups in total. The van der Waals surface area contributed by atoms with Crippen molar-refractivity contribution >= 4 is 37.9 Å². The van der Waals surface area contributed by atoms with Gasteiger partial charge in [0.15, 0.2) is 0 Å². The molecule has 104 valence electrons. The Balaban J connectivity index is 3.53. The van der Waals surface area contributed by atoms with Crippen LogP contribution < -0.4 is 5.46 Å². The average molecular weight is 312 g/mol. The second-order valence-corrected chi connectivity index (χ2v) is 6.55. The lowest BCUT2D eigenvalue weighted by atomic mass is 9.78. The summed E-state index contributed by atoms with van der Waals surface area (Å²) in [4.78, 5) is 2.41. The van der Waals surface area contributed by atoms with Crippen molar-refractivity contribution in [3.8, 4) is 0 Å². The number of nitrogens with zero attached hydrogens (tertiary/aromatic N) is 3. The first-order chi connectivity index (χ1) is 8.54. The number of hydrogen-bond acceptors (Lipinski definition) is 3. The van der Waals surface area contributed by atoms with Crippen LogP contribution in [0.25, 0.3) is 10.4 Å². The van der Waals surface area contributed by atoms with Crippen molar-refractivity contribution in [1.29, 1.82) is 0 Å². The van der Waals surface area contributed by atoms with Gasteiger partial charge in [-0.05, 0) is 23.6 Å². The van der Waals surface area contributed by atoms with Gasteiger partial charge in [-0.2, -0.15) is 0 Å². The highest BCUT2D eigenvalue weighted by molar-refractivity contribution is 8.13. The SMILES string of the molecule is Cc1c(CS(=O)(=O)Cl)cc([B-](F)(F)F)cc1N=[N+]=[N-]. The number of azide groups is 1. The Kier molecular flexibility index (Phi) is 4.39. The molecule has 0 bridgehead atoms. The Hall–Kier alpha value is -1.38. The lowest BCUT2D eigenvalue weighted by Crippen LogP contribution is -2.34. The minimum absolute atomic E-state index is 0.144. The maximum Gasteiger partial charge on any atom is 0.509 e. The zero-order valence-corrected chi connectivity index (χ0v) is 11.1. The summed E-state index contributed by atoms with van der Waals surface area (Å²) in [5, 5.41) is 3.12. The first-order valence-corrected chi connectivity index (χ1v) is 7.33. The van der Waals surface area contributed by atoms with Crippen LogP contribution in [0.1, 0.15) is 11.1 Å². The molecule has 0 spiro atoms. The quantitative estimate of drug-likeness (QED) is 0.281. The van der Waals surface area contributed by atoms with Gasteiger partial charge in [-0.3, -0.25) is 0 Å². The predicted molar refractivity (Wildman–Crippen MR) is 67.2 cm³/mol. The maximum atomic E-state index is 12.7. The van der Waals surface area contributed by atoms with Gasteiger partial charge in [0.05, 0.1) is 5.75 Å². The normalized spacial score (nSPS) is 12.1. The molecule has 0 heterocycles. The van der Waals surface area contributed by atoms with Gasteiger partial charge in [0.2, 0.25) is 9.05 Å². The summed E-state index contributed by atoms with van der Waals surface area (Å²) >= 11 is 0. The summed E-state index contributed by atoms with van der Waals surface area (Å²) in [6, 6.07) is 1.38. The Morgan fingerprint density at radius 1 is 1.42 bits per heavy atom. The second-order valence-electron chi connectivity index (χ2n) is 3.77. The molecule has 0 saturated heterocycles. The molecule has 11 heteroatoms. The van der Waals surface area contributed by atoms with E-state index < -0.39 is 27.2 Å². The van der Waals surface area contributed by atoms with Crippen molar-refractivity contribution in [2.75, 3.05) is 0 Å². The Morgan fingerprint density at radius 3 is 2.42 bits per heavy atom. The van der Waals surface area contributed by atoms with E-state index in [1.807, 2.05) is 0 Å². The molecule has 0 fully saturated rings. The van der Waals surface area contributed by atoms with E-state index in [1.54, 1.807) is 0 Å². The van der Waals surface area contributed by atoms with Gasteiger partial charge in [0.1, 0.15) is 0 Å². The van der Waals surface area contributed by atoms with E-state index in [0.29, 0.717) is 12.1 Å². The van der Waals surface area contributed by atoms with E-state index in [4.69, 9.17) is 16.2 Å². The van der Waals surface area contributed by atoms with Crippen molar-refractivity contribution in [2.24, 2.45) is 5.11 Å². The average Bonchev–Trinajstić information content (AvgIpc) is 2.20. The molecule has 1 aromatic rings. The van der Waals surface area contributed by atoms with Crippen LogP contribution in [0.3, 0.4) is 0 Å². The van der Waals surface area contributed by atoms with E-state index >= 15 is 0 Å². The number of benzene rings is 1. The molecule has 5 nitrogen and oxygen atoms in total. The summed E-state index contributed by atoms with van der Waals surface area (Å²) in [6.45, 7) is -3.98. The zero-order valence-electron chi connectivity index (χ0n) is 9.52. The summed E-state index contributed by atoms with van der Waals surface area (Å²) in [5.74, 6) is -0.770. The van der Waals surface area contributed by atoms with Crippen LogP contribution in [-0.2, 0) is 14.8 Å². The minimum atomic E-state index is -5.34. The highest BCUT2D eigenvalue weighted by Crippen LogP contribution is 2.26. The molecule has 1 aromatic carbocycles. The lowest BCUT2D eigenvalue weighted by molar-refractivity contribution is 0.501. The van der Waals surface area contributed by atoms with Gasteiger partial charge in [0.25, 0.3) is 0 Å². The lowest BCUT2D eigenvalue weighted by Gasteiger charge is -2.18. The van der Waals surface area contributed by atoms with Crippen molar-refractivity contribution in [2.45, 2.75) is 12.7 Å². The van der Waals surface area contributed by atoms with E-state index in [1.165, 1.54) is 6.92 Å². The van der Waals surface area contributed by atoms with Crippen LogP contribution in [0.15, 0.2) is 17.2 Å². The van der Waals surface area contributed by atoms with Gasteiger partial charge in [-0.25, -0.2) is 8.42 Å². The minimum Gasteiger partial charge on any atom is -0.445 e. The van der Waals surface area contributed by atoms with E-state index in [-0.39, 0.29) is 16.8 Å². The molecule has 0 aliphatic heterocycles. The van der Waals surface area contributed by atoms with Crippen LogP contribution in [0.5, 0.6) is 0 Å². The molecule has 0 aliphatic rings. The largest absolute Gasteiger partial charge is 0.509 e. The molecule has 0 radical (unpaired) electrons. The van der Waals surface area contributed by atoms with Crippen LogP contribution in [0.2, 0.25) is 0 Å². The number of rotatable bonds is 4. The third-order valence-corrected chi connectivity index (χ3v) is 3.35. The summed E-state index contributed by atoms with van der Waals surface area (Å²) in [7, 11) is 1.01. The Labute approximate surface area is 111 Å². The van der Waals surface area contributed by atoms with Crippen molar-refractivity contribution in [3.63, 3.8) is 0 Å². The standard InChI is InChI=1S/C8H7BClF3N3O2S/c1-5-6(4-19(10,17)18)2-7(9(11,12)13)3-8(5)15-16-14/h2-3H,4H2,1H3/q-1. The van der Waals surface area contributed by atoms with E-state index in [0.717, 1.165) is 0 Å². The molecule has 0 aromatic heterocycles. The fourth-order valence-corrected chi connectivity index (χ4v) is 2.48. The Bertz CT molecular complexity index is 656. The second kappa shape index (κ2) is 5.32. The molecule has 0 aliphatic carbocycles. The first-order valence-electron chi connectivity index (χ1n) is 4.85. The Morgan fingerprint density at radius 2 is 2.00 bits per heavy atom. The van der Waals surface area contributed by atoms with Gasteiger partial charge in [-0.15, -0.1) is 5.46 Å². The molecule has 0 unspecified atom stereocenters. The number of hydrogen-bond donors (Lipinski definition) is 0. The fourth-order valence-electron chi connectivity index (χ4n) is 1.46. The predicted octanol–water partition coefficient (Wildman–Crippen LogP) is 3.06.